The third-order valence-corrected chi connectivity index (χ3v) is 8.28. The number of hydrogen-bond acceptors (Lipinski definition) is 4. The van der Waals surface area contributed by atoms with Gasteiger partial charge in [0.05, 0.1) is 6.61 Å². The Morgan fingerprint density at radius 2 is 1.59 bits per heavy atom. The standard InChI is InChI=1S/C35H41N3O3/c1-5-41-33(39)20-24-6-10-26(11-7-24)27-12-14-28(15-13-27)29-16-19-32-37-31(23-38(32)22-29)34(40)36-21-25-8-17-30(18-9-25)35(2,3)4/h8-9,12-19,22-24,26H,5-7,10-11,20-21H2,1-4H3,(H,36,40). The Bertz CT molecular complexity index is 1490. The van der Waals surface area contributed by atoms with Crippen molar-refractivity contribution < 1.29 is 14.3 Å². The highest BCUT2D eigenvalue weighted by Gasteiger charge is 2.24. The summed E-state index contributed by atoms with van der Waals surface area (Å²) in [6, 6.07) is 21.2. The van der Waals surface area contributed by atoms with E-state index >= 15 is 0 Å². The topological polar surface area (TPSA) is 72.7 Å². The molecule has 2 aromatic heterocycles. The summed E-state index contributed by atoms with van der Waals surface area (Å²) in [7, 11) is 0. The second kappa shape index (κ2) is 12.3. The van der Waals surface area contributed by atoms with Gasteiger partial charge in [-0.1, -0.05) is 69.3 Å². The van der Waals surface area contributed by atoms with Gasteiger partial charge in [0.2, 0.25) is 0 Å². The van der Waals surface area contributed by atoms with Gasteiger partial charge in [-0.3, -0.25) is 9.59 Å². The smallest absolute Gasteiger partial charge is 0.306 e. The van der Waals surface area contributed by atoms with E-state index in [9.17, 15) is 9.59 Å². The normalized spacial score (nSPS) is 17.4. The van der Waals surface area contributed by atoms with E-state index in [0.29, 0.717) is 37.1 Å². The first-order valence-electron chi connectivity index (χ1n) is 14.8. The van der Waals surface area contributed by atoms with Crippen LogP contribution in [0.15, 0.2) is 73.1 Å². The van der Waals surface area contributed by atoms with Crippen LogP contribution < -0.4 is 5.32 Å². The van der Waals surface area contributed by atoms with Crippen molar-refractivity contribution >= 4 is 17.5 Å². The summed E-state index contributed by atoms with van der Waals surface area (Å²) < 4.78 is 7.04. The fraction of sp³-hybridized carbons (Fsp3) is 0.400. The molecule has 1 fully saturated rings. The van der Waals surface area contributed by atoms with Crippen molar-refractivity contribution in [1.82, 2.24) is 14.7 Å². The van der Waals surface area contributed by atoms with Crippen LogP contribution in [0.5, 0.6) is 0 Å². The summed E-state index contributed by atoms with van der Waals surface area (Å²) in [6.07, 6.45) is 8.73. The summed E-state index contributed by atoms with van der Waals surface area (Å²) >= 11 is 0. The summed E-state index contributed by atoms with van der Waals surface area (Å²) in [5.41, 5.74) is 7.15. The van der Waals surface area contributed by atoms with Gasteiger partial charge >= 0.3 is 5.97 Å². The molecular formula is C35H41N3O3. The van der Waals surface area contributed by atoms with E-state index in [4.69, 9.17) is 4.74 Å². The van der Waals surface area contributed by atoms with Crippen LogP contribution in [0.4, 0.5) is 0 Å². The monoisotopic (exact) mass is 551 g/mol. The Kier molecular flexibility index (Phi) is 8.57. The van der Waals surface area contributed by atoms with Crippen LogP contribution in [-0.2, 0) is 21.5 Å². The summed E-state index contributed by atoms with van der Waals surface area (Å²) in [6.45, 7) is 9.35. The van der Waals surface area contributed by atoms with Gasteiger partial charge in [-0.05, 0) is 89.8 Å². The molecule has 2 aromatic carbocycles. The quantitative estimate of drug-likeness (QED) is 0.231. The number of rotatable bonds is 8. The maximum Gasteiger partial charge on any atom is 0.306 e. The average Bonchev–Trinajstić information content (AvgIpc) is 3.40. The van der Waals surface area contributed by atoms with Gasteiger partial charge in [-0.2, -0.15) is 0 Å². The van der Waals surface area contributed by atoms with E-state index in [1.807, 2.05) is 23.6 Å². The molecule has 6 heteroatoms. The van der Waals surface area contributed by atoms with Crippen LogP contribution >= 0.6 is 0 Å². The molecule has 0 spiro atoms. The van der Waals surface area contributed by atoms with Crippen LogP contribution in [0.2, 0.25) is 0 Å². The zero-order chi connectivity index (χ0) is 29.0. The van der Waals surface area contributed by atoms with E-state index in [1.54, 1.807) is 6.20 Å². The van der Waals surface area contributed by atoms with Crippen LogP contribution in [-0.4, -0.2) is 27.9 Å². The Morgan fingerprint density at radius 3 is 2.24 bits per heavy atom. The molecule has 4 aromatic rings. The minimum Gasteiger partial charge on any atom is -0.466 e. The Hall–Kier alpha value is -3.93. The van der Waals surface area contributed by atoms with Crippen molar-refractivity contribution in [3.05, 3.63) is 95.4 Å². The molecule has 214 valence electrons. The molecule has 2 heterocycles. The predicted molar refractivity (Wildman–Crippen MR) is 163 cm³/mol. The number of amides is 1. The lowest BCUT2D eigenvalue weighted by Crippen LogP contribution is -2.23. The van der Waals surface area contributed by atoms with E-state index in [1.165, 1.54) is 11.1 Å². The molecule has 1 N–H and O–H groups in total. The largest absolute Gasteiger partial charge is 0.466 e. The fourth-order valence-corrected chi connectivity index (χ4v) is 5.77. The van der Waals surface area contributed by atoms with Gasteiger partial charge < -0.3 is 14.5 Å². The zero-order valence-electron chi connectivity index (χ0n) is 24.7. The Labute approximate surface area is 243 Å². The van der Waals surface area contributed by atoms with Crippen molar-refractivity contribution in [3.63, 3.8) is 0 Å². The molecule has 6 nitrogen and oxygen atoms in total. The van der Waals surface area contributed by atoms with Crippen LogP contribution in [0.1, 0.15) is 92.9 Å². The molecule has 1 aliphatic carbocycles. The summed E-state index contributed by atoms with van der Waals surface area (Å²) in [5, 5.41) is 3.00. The first-order chi connectivity index (χ1) is 19.7. The van der Waals surface area contributed by atoms with Crippen LogP contribution in [0.25, 0.3) is 16.8 Å². The van der Waals surface area contributed by atoms with E-state index in [2.05, 4.69) is 85.7 Å². The second-order valence-corrected chi connectivity index (χ2v) is 12.3. The van der Waals surface area contributed by atoms with Crippen molar-refractivity contribution in [1.29, 1.82) is 0 Å². The molecule has 0 atom stereocenters. The number of aromatic nitrogens is 2. The third kappa shape index (κ3) is 7.05. The molecule has 0 bridgehead atoms. The SMILES string of the molecule is CCOC(=O)CC1CCC(c2ccc(-c3ccc4nc(C(=O)NCc5ccc(C(C)(C)C)cc5)cn4c3)cc2)CC1. The van der Waals surface area contributed by atoms with Crippen LogP contribution in [0.3, 0.4) is 0 Å². The second-order valence-electron chi connectivity index (χ2n) is 12.3. The molecule has 1 saturated carbocycles. The number of fused-ring (bicyclic) bond motifs is 1. The molecule has 0 aliphatic heterocycles. The van der Waals surface area contributed by atoms with Crippen molar-refractivity contribution in [2.24, 2.45) is 5.92 Å². The van der Waals surface area contributed by atoms with E-state index in [-0.39, 0.29) is 17.3 Å². The highest BCUT2D eigenvalue weighted by atomic mass is 16.5. The number of nitrogens with one attached hydrogen (secondary N) is 1. The molecule has 5 rings (SSSR count). The van der Waals surface area contributed by atoms with Crippen molar-refractivity contribution in [2.45, 2.75) is 77.7 Å². The van der Waals surface area contributed by atoms with Gasteiger partial charge in [0.1, 0.15) is 11.3 Å². The lowest BCUT2D eigenvalue weighted by Gasteiger charge is -2.28. The van der Waals surface area contributed by atoms with E-state index in [0.717, 1.165) is 48.0 Å². The molecule has 0 saturated heterocycles. The maximum atomic E-state index is 12.8. The number of carbonyl (C=O) groups excluding carboxylic acids is 2. The summed E-state index contributed by atoms with van der Waals surface area (Å²) in [5.74, 6) is 0.732. The van der Waals surface area contributed by atoms with E-state index < -0.39 is 0 Å². The number of esters is 1. The third-order valence-electron chi connectivity index (χ3n) is 8.28. The lowest BCUT2D eigenvalue weighted by atomic mass is 9.77. The molecular weight excluding hydrogens is 510 g/mol. The van der Waals surface area contributed by atoms with Crippen molar-refractivity contribution in [2.75, 3.05) is 6.61 Å². The number of benzene rings is 2. The number of imidazole rings is 1. The first-order valence-corrected chi connectivity index (χ1v) is 14.8. The highest BCUT2D eigenvalue weighted by Crippen LogP contribution is 2.37. The number of pyridine rings is 1. The number of ether oxygens (including phenoxy) is 1. The number of nitrogens with zero attached hydrogens (tertiary/aromatic N) is 2. The summed E-state index contributed by atoms with van der Waals surface area (Å²) in [4.78, 5) is 29.2. The lowest BCUT2D eigenvalue weighted by molar-refractivity contribution is -0.144. The Morgan fingerprint density at radius 1 is 0.902 bits per heavy atom. The van der Waals surface area contributed by atoms with Gasteiger partial charge in [0.25, 0.3) is 5.91 Å². The minimum atomic E-state index is -0.184. The average molecular weight is 552 g/mol. The van der Waals surface area contributed by atoms with Gasteiger partial charge in [-0.15, -0.1) is 0 Å². The fourth-order valence-electron chi connectivity index (χ4n) is 5.77. The maximum absolute atomic E-state index is 12.8. The molecule has 0 unspecified atom stereocenters. The molecule has 1 aliphatic rings. The first kappa shape index (κ1) is 28.6. The Balaban J connectivity index is 1.19. The van der Waals surface area contributed by atoms with Gasteiger partial charge in [0, 0.05) is 25.4 Å². The van der Waals surface area contributed by atoms with Crippen molar-refractivity contribution in [3.8, 4) is 11.1 Å². The van der Waals surface area contributed by atoms with Gasteiger partial charge in [0.15, 0.2) is 0 Å². The number of carbonyl (C=O) groups is 2. The highest BCUT2D eigenvalue weighted by molar-refractivity contribution is 5.92. The van der Waals surface area contributed by atoms with Crippen LogP contribution in [0, 0.1) is 5.92 Å². The predicted octanol–water partition coefficient (Wildman–Crippen LogP) is 7.46. The number of hydrogen-bond donors (Lipinski definition) is 1. The molecule has 41 heavy (non-hydrogen) atoms. The zero-order valence-corrected chi connectivity index (χ0v) is 24.7. The molecule has 0 radical (unpaired) electrons. The van der Waals surface area contributed by atoms with Gasteiger partial charge in [-0.25, -0.2) is 4.98 Å². The minimum absolute atomic E-state index is 0.0650. The molecule has 1 amide bonds.